The molecule has 1 aromatic heterocycles. The van der Waals surface area contributed by atoms with Gasteiger partial charge in [-0.1, -0.05) is 13.0 Å². The number of anilines is 2. The van der Waals surface area contributed by atoms with E-state index in [-0.39, 0.29) is 61.5 Å². The second kappa shape index (κ2) is 12.6. The minimum Gasteiger partial charge on any atom is -0.444 e. The lowest BCUT2D eigenvalue weighted by Crippen LogP contribution is -2.49. The number of primary amides is 1. The zero-order valence-electron chi connectivity index (χ0n) is 20.3. The number of carbonyl (C=O) groups is 3. The average molecular weight is 518 g/mol. The van der Waals surface area contributed by atoms with Gasteiger partial charge in [0, 0.05) is 63.3 Å². The number of piperazine rings is 1. The van der Waals surface area contributed by atoms with E-state index in [4.69, 9.17) is 14.9 Å². The number of halogens is 2. The third kappa shape index (κ3) is 6.68. The zero-order chi connectivity index (χ0) is 26.9. The Morgan fingerprint density at radius 2 is 1.89 bits per heavy atom. The molecule has 2 aromatic rings. The third-order valence-corrected chi connectivity index (χ3v) is 5.92. The number of amides is 3. The molecule has 198 valence electrons. The fourth-order valence-corrected chi connectivity index (χ4v) is 4.03. The number of hydrogen-bond acceptors (Lipinski definition) is 7. The van der Waals surface area contributed by atoms with E-state index in [1.165, 1.54) is 15.7 Å². The largest absolute Gasteiger partial charge is 0.444 e. The van der Waals surface area contributed by atoms with E-state index >= 15 is 0 Å². The first-order chi connectivity index (χ1) is 17.8. The predicted octanol–water partition coefficient (Wildman–Crippen LogP) is 1.69. The number of carbonyl (C=O) groups excluding carboxylic acids is 3. The van der Waals surface area contributed by atoms with Crippen molar-refractivity contribution in [2.45, 2.75) is 25.9 Å². The molecule has 2 aliphatic rings. The van der Waals surface area contributed by atoms with Crippen LogP contribution < -0.4 is 21.2 Å². The van der Waals surface area contributed by atoms with Crippen molar-refractivity contribution in [3.05, 3.63) is 53.9 Å². The molecule has 0 radical (unpaired) electrons. The van der Waals surface area contributed by atoms with Gasteiger partial charge in [-0.3, -0.25) is 24.5 Å². The first-order valence-corrected chi connectivity index (χ1v) is 11.7. The maximum atomic E-state index is 14.9. The van der Waals surface area contributed by atoms with Crippen LogP contribution in [0.15, 0.2) is 36.7 Å². The number of ether oxygens (including phenoxy) is 1. The molecule has 4 rings (SSSR count). The van der Waals surface area contributed by atoms with Gasteiger partial charge in [-0.05, 0) is 12.5 Å². The Balaban J connectivity index is 0.00000121. The normalized spacial score (nSPS) is 17.4. The van der Waals surface area contributed by atoms with Crippen molar-refractivity contribution >= 4 is 36.0 Å². The Morgan fingerprint density at radius 3 is 2.46 bits per heavy atom. The molecule has 0 saturated carbocycles. The lowest BCUT2D eigenvalue weighted by atomic mass is 10.2. The van der Waals surface area contributed by atoms with Crippen LogP contribution in [0.2, 0.25) is 0 Å². The first kappa shape index (κ1) is 27.3. The SMILES string of the molecule is CCC1CN(c2cc(F)c(N3CCN(C(=O)C/C=C/n4cccnc4=N)CC3)c(F)c2)C(=O)O1.NC=O. The molecule has 1 unspecified atom stereocenters. The summed E-state index contributed by atoms with van der Waals surface area (Å²) in [5.41, 5.74) is 4.19. The fourth-order valence-electron chi connectivity index (χ4n) is 4.03. The van der Waals surface area contributed by atoms with E-state index in [9.17, 15) is 18.4 Å². The number of nitrogens with one attached hydrogen (secondary N) is 1. The van der Waals surface area contributed by atoms with Crippen molar-refractivity contribution in [2.75, 3.05) is 42.5 Å². The van der Waals surface area contributed by atoms with Gasteiger partial charge in [0.1, 0.15) is 11.8 Å². The molecular formula is C24H29F2N7O4. The topological polar surface area (TPSA) is 138 Å². The second-order valence-electron chi connectivity index (χ2n) is 8.23. The van der Waals surface area contributed by atoms with E-state index < -0.39 is 17.7 Å². The summed E-state index contributed by atoms with van der Waals surface area (Å²) in [5, 5.41) is 7.69. The van der Waals surface area contributed by atoms with Crippen LogP contribution in [-0.4, -0.2) is 71.7 Å². The van der Waals surface area contributed by atoms with Crippen LogP contribution in [-0.2, 0) is 14.3 Å². The predicted molar refractivity (Wildman–Crippen MR) is 131 cm³/mol. The summed E-state index contributed by atoms with van der Waals surface area (Å²) in [6.45, 7) is 3.34. The van der Waals surface area contributed by atoms with Gasteiger partial charge in [0.25, 0.3) is 0 Å². The number of nitrogens with two attached hydrogens (primary N) is 1. The van der Waals surface area contributed by atoms with Crippen molar-refractivity contribution in [2.24, 2.45) is 5.73 Å². The second-order valence-corrected chi connectivity index (χ2v) is 8.23. The zero-order valence-corrected chi connectivity index (χ0v) is 20.3. The van der Waals surface area contributed by atoms with Gasteiger partial charge < -0.3 is 20.3 Å². The molecule has 1 atom stereocenters. The van der Waals surface area contributed by atoms with Crippen LogP contribution in [0.25, 0.3) is 6.20 Å². The summed E-state index contributed by atoms with van der Waals surface area (Å²) < 4.78 is 36.5. The summed E-state index contributed by atoms with van der Waals surface area (Å²) in [5.74, 6) is -1.63. The quantitative estimate of drug-likeness (QED) is 0.560. The van der Waals surface area contributed by atoms with Gasteiger partial charge in [-0.25, -0.2) is 18.6 Å². The lowest BCUT2D eigenvalue weighted by Gasteiger charge is -2.36. The molecular weight excluding hydrogens is 488 g/mol. The lowest BCUT2D eigenvalue weighted by molar-refractivity contribution is -0.130. The third-order valence-electron chi connectivity index (χ3n) is 5.92. The highest BCUT2D eigenvalue weighted by Crippen LogP contribution is 2.32. The molecule has 3 N–H and O–H groups in total. The van der Waals surface area contributed by atoms with Crippen molar-refractivity contribution in [3.8, 4) is 0 Å². The molecule has 1 aromatic carbocycles. The molecule has 2 saturated heterocycles. The van der Waals surface area contributed by atoms with Gasteiger partial charge in [0.05, 0.1) is 12.2 Å². The van der Waals surface area contributed by atoms with E-state index in [1.54, 1.807) is 34.3 Å². The molecule has 0 bridgehead atoms. The van der Waals surface area contributed by atoms with Gasteiger partial charge >= 0.3 is 6.09 Å². The minimum absolute atomic E-state index is 0.0571. The van der Waals surface area contributed by atoms with Crippen LogP contribution >= 0.6 is 0 Å². The molecule has 11 nitrogen and oxygen atoms in total. The smallest absolute Gasteiger partial charge is 0.414 e. The van der Waals surface area contributed by atoms with Crippen molar-refractivity contribution in [3.63, 3.8) is 0 Å². The Hall–Kier alpha value is -4.29. The summed E-state index contributed by atoms with van der Waals surface area (Å²) in [6.07, 6.45) is 6.54. The van der Waals surface area contributed by atoms with Crippen LogP contribution in [0.3, 0.4) is 0 Å². The Kier molecular flexibility index (Phi) is 9.30. The molecule has 0 aliphatic carbocycles. The van der Waals surface area contributed by atoms with E-state index in [1.807, 2.05) is 6.92 Å². The summed E-state index contributed by atoms with van der Waals surface area (Å²) in [7, 11) is 0. The van der Waals surface area contributed by atoms with E-state index in [0.29, 0.717) is 19.5 Å². The molecule has 0 spiro atoms. The molecule has 2 aliphatic heterocycles. The van der Waals surface area contributed by atoms with E-state index in [0.717, 1.165) is 12.1 Å². The van der Waals surface area contributed by atoms with Gasteiger partial charge in [-0.15, -0.1) is 0 Å². The Bertz CT molecular complexity index is 1190. The molecule has 37 heavy (non-hydrogen) atoms. The number of hydrogen-bond donors (Lipinski definition) is 2. The van der Waals surface area contributed by atoms with Gasteiger partial charge in [-0.2, -0.15) is 0 Å². The first-order valence-electron chi connectivity index (χ1n) is 11.7. The van der Waals surface area contributed by atoms with E-state index in [2.05, 4.69) is 10.7 Å². The van der Waals surface area contributed by atoms with Crippen LogP contribution in [0, 0.1) is 17.0 Å². The molecule has 3 amide bonds. The maximum absolute atomic E-state index is 14.9. The summed E-state index contributed by atoms with van der Waals surface area (Å²) >= 11 is 0. The van der Waals surface area contributed by atoms with Crippen LogP contribution in [0.4, 0.5) is 25.0 Å². The van der Waals surface area contributed by atoms with Crippen molar-refractivity contribution in [1.29, 1.82) is 5.41 Å². The van der Waals surface area contributed by atoms with Crippen LogP contribution in [0.5, 0.6) is 0 Å². The summed E-state index contributed by atoms with van der Waals surface area (Å²) in [6, 6.07) is 3.99. The molecule has 2 fully saturated rings. The number of benzene rings is 1. The highest BCUT2D eigenvalue weighted by molar-refractivity contribution is 5.90. The Morgan fingerprint density at radius 1 is 1.24 bits per heavy atom. The number of nitrogens with zero attached hydrogens (tertiary/aromatic N) is 5. The molecule has 13 heteroatoms. The van der Waals surface area contributed by atoms with Crippen LogP contribution in [0.1, 0.15) is 19.8 Å². The fraction of sp³-hybridized carbons (Fsp3) is 0.375. The maximum Gasteiger partial charge on any atom is 0.414 e. The Labute approximate surface area is 212 Å². The number of cyclic esters (lactones) is 1. The minimum atomic E-state index is -0.759. The standard InChI is InChI=1S/C23H26F2N6O3.CH3NO/c1-2-17-15-31(23(33)34-17)16-13-18(24)21(19(25)14-16)29-11-9-28(10-12-29)20(32)5-3-7-30-8-4-6-27-22(30)26;2-1-3/h3-4,6-8,13-14,17,26H,2,5,9-12,15H2,1H3;1H,(H2,2,3)/b7-3+,26-22?;. The average Bonchev–Trinajstić information content (AvgIpc) is 3.26. The monoisotopic (exact) mass is 517 g/mol. The van der Waals surface area contributed by atoms with Crippen molar-refractivity contribution < 1.29 is 27.9 Å². The number of aromatic nitrogens is 2. The van der Waals surface area contributed by atoms with Gasteiger partial charge in [0.15, 0.2) is 11.6 Å². The van der Waals surface area contributed by atoms with Gasteiger partial charge in [0.2, 0.25) is 17.9 Å². The summed E-state index contributed by atoms with van der Waals surface area (Å²) in [4.78, 5) is 41.4. The number of rotatable bonds is 6. The highest BCUT2D eigenvalue weighted by atomic mass is 19.1. The van der Waals surface area contributed by atoms with Crippen molar-refractivity contribution in [1.82, 2.24) is 14.5 Å². The molecule has 3 heterocycles. The highest BCUT2D eigenvalue weighted by Gasteiger charge is 2.33.